The van der Waals surface area contributed by atoms with Crippen LogP contribution >= 0.6 is 0 Å². The number of aromatic amines is 1. The third-order valence-electron chi connectivity index (χ3n) is 7.03. The van der Waals surface area contributed by atoms with Crippen molar-refractivity contribution in [2.75, 3.05) is 27.9 Å². The van der Waals surface area contributed by atoms with Gasteiger partial charge in [0.05, 0.1) is 46.2 Å². The highest BCUT2D eigenvalue weighted by Gasteiger charge is 2.30. The van der Waals surface area contributed by atoms with Crippen molar-refractivity contribution in [2.45, 2.75) is 38.6 Å². The van der Waals surface area contributed by atoms with E-state index in [2.05, 4.69) is 9.97 Å². The van der Waals surface area contributed by atoms with E-state index in [1.165, 1.54) is 14.2 Å². The molecule has 4 aromatic rings. The van der Waals surface area contributed by atoms with Crippen LogP contribution in [0.3, 0.4) is 0 Å². The molecule has 2 aromatic heterocycles. The van der Waals surface area contributed by atoms with E-state index < -0.39 is 17.4 Å². The molecule has 2 aromatic carbocycles. The fraction of sp³-hybridized carbons (Fsp3) is 0.323. The quantitative estimate of drug-likeness (QED) is 0.233. The van der Waals surface area contributed by atoms with Crippen molar-refractivity contribution in [1.29, 1.82) is 0 Å². The van der Waals surface area contributed by atoms with Gasteiger partial charge in [-0.2, -0.15) is 0 Å². The average molecular weight is 562 g/mol. The number of carbonyl (C=O) groups excluding carboxylic acids is 1. The highest BCUT2D eigenvalue weighted by Crippen LogP contribution is 2.42. The van der Waals surface area contributed by atoms with Crippen LogP contribution in [0.5, 0.6) is 23.0 Å². The highest BCUT2D eigenvalue weighted by molar-refractivity contribution is 5.72. The molecule has 2 N–H and O–H groups in total. The van der Waals surface area contributed by atoms with Crippen LogP contribution in [0.2, 0.25) is 0 Å². The van der Waals surface area contributed by atoms with Crippen molar-refractivity contribution in [3.63, 3.8) is 0 Å². The number of nitrogens with one attached hydrogen (secondary N) is 1. The van der Waals surface area contributed by atoms with Gasteiger partial charge in [-0.05, 0) is 36.8 Å². The van der Waals surface area contributed by atoms with Gasteiger partial charge < -0.3 is 33.6 Å². The van der Waals surface area contributed by atoms with E-state index in [1.54, 1.807) is 55.4 Å². The number of carbonyl (C=O) groups is 1. The van der Waals surface area contributed by atoms with Gasteiger partial charge in [0, 0.05) is 48.5 Å². The summed E-state index contributed by atoms with van der Waals surface area (Å²) in [5.41, 5.74) is 2.72. The van der Waals surface area contributed by atoms with Gasteiger partial charge in [-0.25, -0.2) is 4.98 Å². The fourth-order valence-electron chi connectivity index (χ4n) is 4.83. The van der Waals surface area contributed by atoms with Gasteiger partial charge >= 0.3 is 5.97 Å². The number of imidazole rings is 1. The van der Waals surface area contributed by atoms with Crippen LogP contribution in [0.4, 0.5) is 0 Å². The van der Waals surface area contributed by atoms with Crippen molar-refractivity contribution in [3.05, 3.63) is 99.5 Å². The van der Waals surface area contributed by atoms with Gasteiger partial charge in [0.2, 0.25) is 0 Å². The molecule has 0 spiro atoms. The molecule has 4 rings (SSSR count). The monoisotopic (exact) mass is 561 g/mol. The number of aromatic nitrogens is 3. The molecule has 0 fully saturated rings. The summed E-state index contributed by atoms with van der Waals surface area (Å²) in [4.78, 5) is 33.6. The van der Waals surface area contributed by atoms with Crippen molar-refractivity contribution >= 4 is 5.97 Å². The number of benzene rings is 2. The Morgan fingerprint density at radius 2 is 1.85 bits per heavy atom. The maximum absolute atomic E-state index is 13.9. The van der Waals surface area contributed by atoms with Crippen LogP contribution in [0.1, 0.15) is 40.4 Å². The molecule has 0 bridgehead atoms. The van der Waals surface area contributed by atoms with Crippen molar-refractivity contribution in [2.24, 2.45) is 0 Å². The molecule has 0 aliphatic heterocycles. The van der Waals surface area contributed by atoms with E-state index in [1.807, 2.05) is 24.3 Å². The van der Waals surface area contributed by atoms with Crippen LogP contribution in [0.25, 0.3) is 0 Å². The molecule has 10 nitrogen and oxygen atoms in total. The minimum absolute atomic E-state index is 0.0823. The Balaban J connectivity index is 1.73. The van der Waals surface area contributed by atoms with Crippen LogP contribution in [0.15, 0.2) is 65.8 Å². The van der Waals surface area contributed by atoms with E-state index >= 15 is 0 Å². The summed E-state index contributed by atoms with van der Waals surface area (Å²) in [5, 5.41) is 11.1. The summed E-state index contributed by atoms with van der Waals surface area (Å²) >= 11 is 0. The smallest absolute Gasteiger partial charge is 0.306 e. The first-order valence-electron chi connectivity index (χ1n) is 13.3. The van der Waals surface area contributed by atoms with Crippen LogP contribution in [0, 0.1) is 6.92 Å². The van der Waals surface area contributed by atoms with Gasteiger partial charge in [0.15, 0.2) is 11.5 Å². The lowest BCUT2D eigenvalue weighted by atomic mass is 9.87. The fourth-order valence-corrected chi connectivity index (χ4v) is 4.83. The minimum atomic E-state index is -0.861. The Morgan fingerprint density at radius 3 is 2.51 bits per heavy atom. The number of methoxy groups -OCH3 is 3. The van der Waals surface area contributed by atoms with Crippen molar-refractivity contribution in [1.82, 2.24) is 14.5 Å². The molecule has 0 aliphatic rings. The number of esters is 1. The average Bonchev–Trinajstić information content (AvgIpc) is 3.50. The number of nitrogens with zero attached hydrogens (tertiary/aromatic N) is 2. The van der Waals surface area contributed by atoms with Gasteiger partial charge in [-0.1, -0.05) is 24.3 Å². The molecule has 0 radical (unpaired) electrons. The van der Waals surface area contributed by atoms with Crippen LogP contribution in [-0.4, -0.2) is 53.5 Å². The molecule has 1 atom stereocenters. The maximum atomic E-state index is 13.9. The van der Waals surface area contributed by atoms with Crippen molar-refractivity contribution < 1.29 is 28.8 Å². The second kappa shape index (κ2) is 13.6. The number of rotatable bonds is 13. The summed E-state index contributed by atoms with van der Waals surface area (Å²) < 4.78 is 23.7. The SMILES string of the molecule is COC(=O)C[C@H](c1cccc(OC)c1OCCc1ccc(OC)cc1)c1c(O)cc(C)n(CCc2cnc[nH]2)c1=O. The molecule has 0 amide bonds. The number of ether oxygens (including phenoxy) is 4. The Bertz CT molecular complexity index is 1510. The van der Waals surface area contributed by atoms with E-state index in [0.717, 1.165) is 17.0 Å². The molecule has 0 unspecified atom stereocenters. The second-order valence-corrected chi connectivity index (χ2v) is 9.53. The van der Waals surface area contributed by atoms with E-state index in [-0.39, 0.29) is 17.7 Å². The molecular formula is C31H35N3O7. The first-order valence-corrected chi connectivity index (χ1v) is 13.3. The molecule has 0 aliphatic carbocycles. The highest BCUT2D eigenvalue weighted by atomic mass is 16.5. The van der Waals surface area contributed by atoms with Gasteiger partial charge in [0.1, 0.15) is 11.5 Å². The summed E-state index contributed by atoms with van der Waals surface area (Å²) in [6, 6.07) is 14.5. The summed E-state index contributed by atoms with van der Waals surface area (Å²) in [5.74, 6) is -0.00356. The number of pyridine rings is 1. The molecule has 10 heteroatoms. The topological polar surface area (TPSA) is 125 Å². The van der Waals surface area contributed by atoms with Gasteiger partial charge in [-0.3, -0.25) is 9.59 Å². The number of hydrogen-bond acceptors (Lipinski definition) is 8. The normalized spacial score (nSPS) is 11.6. The molecule has 41 heavy (non-hydrogen) atoms. The lowest BCUT2D eigenvalue weighted by Gasteiger charge is -2.23. The lowest BCUT2D eigenvalue weighted by Crippen LogP contribution is -2.29. The standard InChI is InChI=1S/C31H35N3O7/c1-20-16-26(35)29(31(37)34(20)14-12-22-18-32-19-33-22)25(17-28(36)40-4)24-6-5-7-27(39-3)30(24)41-15-13-21-8-10-23(38-2)11-9-21/h5-11,16,18-19,25,35H,12-15,17H2,1-4H3,(H,32,33)/t25-/m1/s1. The Hall–Kier alpha value is -4.73. The zero-order valence-electron chi connectivity index (χ0n) is 23.7. The molecule has 0 saturated carbocycles. The zero-order valence-corrected chi connectivity index (χ0v) is 23.7. The largest absolute Gasteiger partial charge is 0.507 e. The predicted octanol–water partition coefficient (Wildman–Crippen LogP) is 4.16. The number of aromatic hydroxyl groups is 1. The van der Waals surface area contributed by atoms with E-state index in [9.17, 15) is 14.7 Å². The van der Waals surface area contributed by atoms with Gasteiger partial charge in [-0.15, -0.1) is 0 Å². The minimum Gasteiger partial charge on any atom is -0.507 e. The van der Waals surface area contributed by atoms with Gasteiger partial charge in [0.25, 0.3) is 5.56 Å². The predicted molar refractivity (Wildman–Crippen MR) is 153 cm³/mol. The first kappa shape index (κ1) is 29.3. The van der Waals surface area contributed by atoms with E-state index in [4.69, 9.17) is 18.9 Å². The van der Waals surface area contributed by atoms with Crippen molar-refractivity contribution in [3.8, 4) is 23.0 Å². The molecule has 0 saturated heterocycles. The first-order chi connectivity index (χ1) is 19.9. The third kappa shape index (κ3) is 6.89. The second-order valence-electron chi connectivity index (χ2n) is 9.53. The zero-order chi connectivity index (χ0) is 29.4. The summed E-state index contributed by atoms with van der Waals surface area (Å²) in [6.45, 7) is 2.42. The molecule has 216 valence electrons. The summed E-state index contributed by atoms with van der Waals surface area (Å²) in [6.07, 6.45) is 4.22. The lowest BCUT2D eigenvalue weighted by molar-refractivity contribution is -0.140. The molecule has 2 heterocycles. The Labute approximate surface area is 238 Å². The molecular weight excluding hydrogens is 526 g/mol. The number of H-pyrrole nitrogens is 1. The van der Waals surface area contributed by atoms with Crippen LogP contribution < -0.4 is 19.8 Å². The Kier molecular flexibility index (Phi) is 9.68. The number of hydrogen-bond donors (Lipinski definition) is 2. The third-order valence-corrected chi connectivity index (χ3v) is 7.03. The maximum Gasteiger partial charge on any atom is 0.306 e. The summed E-state index contributed by atoms with van der Waals surface area (Å²) in [7, 11) is 4.43. The van der Waals surface area contributed by atoms with Crippen LogP contribution in [-0.2, 0) is 28.9 Å². The number of para-hydroxylation sites is 1. The Morgan fingerprint density at radius 1 is 1.07 bits per heavy atom. The van der Waals surface area contributed by atoms with E-state index in [0.29, 0.717) is 48.7 Å². The number of aryl methyl sites for hydroxylation is 2.